The lowest BCUT2D eigenvalue weighted by Gasteiger charge is -2.12. The van der Waals surface area contributed by atoms with Gasteiger partial charge in [-0.3, -0.25) is 0 Å². The molecule has 0 aliphatic carbocycles. The van der Waals surface area contributed by atoms with Crippen LogP contribution in [0.2, 0.25) is 0 Å². The zero-order valence-electron chi connectivity index (χ0n) is 9.05. The number of hydrogen-bond donors (Lipinski definition) is 2. The molecule has 0 spiro atoms. The minimum atomic E-state index is 0. The molecule has 15 heavy (non-hydrogen) atoms. The molecule has 86 valence electrons. The minimum Gasteiger partial charge on any atom is -0.508 e. The van der Waals surface area contributed by atoms with Gasteiger partial charge in [0.15, 0.2) is 0 Å². The van der Waals surface area contributed by atoms with Gasteiger partial charge >= 0.3 is 0 Å². The van der Waals surface area contributed by atoms with E-state index in [0.717, 1.165) is 24.0 Å². The third kappa shape index (κ3) is 4.08. The maximum atomic E-state index is 9.51. The molecule has 4 N–H and O–H groups in total. The van der Waals surface area contributed by atoms with Gasteiger partial charge in [-0.1, -0.05) is 19.1 Å². The van der Waals surface area contributed by atoms with Crippen LogP contribution in [0.25, 0.3) is 0 Å². The minimum absolute atomic E-state index is 0. The summed E-state index contributed by atoms with van der Waals surface area (Å²) in [6, 6.07) is 6.00. The summed E-state index contributed by atoms with van der Waals surface area (Å²) in [5, 5.41) is 9.51. The van der Waals surface area contributed by atoms with Gasteiger partial charge in [-0.15, -0.1) is 0 Å². The molecule has 0 amide bonds. The third-order valence-corrected chi connectivity index (χ3v) is 2.71. The summed E-state index contributed by atoms with van der Waals surface area (Å²) in [6.45, 7) is 3.96. The molecular formula is C11H18ClNO2. The highest BCUT2D eigenvalue weighted by Crippen LogP contribution is 2.18. The molecule has 0 bridgehead atoms. The molecule has 0 aliphatic heterocycles. The second kappa shape index (κ2) is 6.67. The molecule has 1 aromatic rings. The van der Waals surface area contributed by atoms with Crippen molar-refractivity contribution in [2.45, 2.75) is 32.7 Å². The predicted octanol–water partition coefficient (Wildman–Crippen LogP) is 1.94. The molecule has 0 heterocycles. The Bertz CT molecular complexity index is 301. The first-order valence-corrected chi connectivity index (χ1v) is 5.19. The molecule has 1 aromatic carbocycles. The Balaban J connectivity index is 0.00000196. The lowest BCUT2D eigenvalue weighted by Crippen LogP contribution is -2.22. The molecule has 0 aliphatic rings. The molecule has 0 saturated carbocycles. The fourth-order valence-corrected chi connectivity index (χ4v) is 1.56. The SMILES string of the molecule is CCC(Cc1ccc(C)c(O)c1)NCl.O. The first-order chi connectivity index (χ1) is 6.67. The average Bonchev–Trinajstić information content (AvgIpc) is 2.19. The Morgan fingerprint density at radius 3 is 2.60 bits per heavy atom. The number of phenols is 1. The number of hydrogen-bond acceptors (Lipinski definition) is 2. The molecular weight excluding hydrogens is 214 g/mol. The molecule has 0 fully saturated rings. The van der Waals surface area contributed by atoms with Crippen molar-refractivity contribution in [3.05, 3.63) is 29.3 Å². The second-order valence-corrected chi connectivity index (χ2v) is 3.76. The van der Waals surface area contributed by atoms with Crippen molar-refractivity contribution in [1.82, 2.24) is 4.84 Å². The first kappa shape index (κ1) is 14.2. The van der Waals surface area contributed by atoms with Crippen molar-refractivity contribution in [2.75, 3.05) is 0 Å². The van der Waals surface area contributed by atoms with Crippen molar-refractivity contribution in [1.29, 1.82) is 0 Å². The Kier molecular flexibility index (Phi) is 6.32. The van der Waals surface area contributed by atoms with Gasteiger partial charge in [-0.2, -0.15) is 0 Å². The van der Waals surface area contributed by atoms with Crippen LogP contribution < -0.4 is 4.84 Å². The number of aryl methyl sites for hydroxylation is 1. The lowest BCUT2D eigenvalue weighted by molar-refractivity contribution is 0.469. The van der Waals surface area contributed by atoms with Gasteiger partial charge in [-0.25, -0.2) is 4.84 Å². The standard InChI is InChI=1S/C11H16ClNO.H2O/c1-3-10(13-12)6-9-5-4-8(2)11(14)7-9;/h4-5,7,10,13-14H,3,6H2,1-2H3;1H2. The van der Waals surface area contributed by atoms with E-state index in [2.05, 4.69) is 11.8 Å². The van der Waals surface area contributed by atoms with Gasteiger partial charge < -0.3 is 10.6 Å². The molecule has 3 nitrogen and oxygen atoms in total. The van der Waals surface area contributed by atoms with E-state index in [1.807, 2.05) is 19.1 Å². The first-order valence-electron chi connectivity index (χ1n) is 4.82. The summed E-state index contributed by atoms with van der Waals surface area (Å²) in [4.78, 5) is 2.72. The van der Waals surface area contributed by atoms with Gasteiger partial charge in [0.05, 0.1) is 0 Å². The molecule has 0 aromatic heterocycles. The monoisotopic (exact) mass is 231 g/mol. The second-order valence-electron chi connectivity index (χ2n) is 3.54. The zero-order chi connectivity index (χ0) is 10.6. The number of aromatic hydroxyl groups is 1. The van der Waals surface area contributed by atoms with Crippen LogP contribution in [0.15, 0.2) is 18.2 Å². The summed E-state index contributed by atoms with van der Waals surface area (Å²) < 4.78 is 0. The van der Waals surface area contributed by atoms with Crippen LogP contribution in [0.4, 0.5) is 0 Å². The van der Waals surface area contributed by atoms with E-state index >= 15 is 0 Å². The Hall–Kier alpha value is -0.770. The molecule has 1 atom stereocenters. The smallest absolute Gasteiger partial charge is 0.118 e. The molecule has 1 unspecified atom stereocenters. The van der Waals surface area contributed by atoms with Crippen molar-refractivity contribution < 1.29 is 10.6 Å². The zero-order valence-corrected chi connectivity index (χ0v) is 9.80. The van der Waals surface area contributed by atoms with E-state index in [1.54, 1.807) is 6.07 Å². The highest BCUT2D eigenvalue weighted by Gasteiger charge is 2.06. The Labute approximate surface area is 95.5 Å². The number of nitrogens with one attached hydrogen (secondary N) is 1. The van der Waals surface area contributed by atoms with Crippen LogP contribution in [-0.4, -0.2) is 16.6 Å². The van der Waals surface area contributed by atoms with Crippen molar-refractivity contribution >= 4 is 11.8 Å². The molecule has 4 heteroatoms. The molecule has 0 radical (unpaired) electrons. The van der Waals surface area contributed by atoms with Crippen LogP contribution in [0.3, 0.4) is 0 Å². The van der Waals surface area contributed by atoms with Crippen LogP contribution in [0.1, 0.15) is 24.5 Å². The van der Waals surface area contributed by atoms with Crippen LogP contribution >= 0.6 is 11.8 Å². The van der Waals surface area contributed by atoms with Gasteiger partial charge in [0.25, 0.3) is 0 Å². The van der Waals surface area contributed by atoms with Crippen LogP contribution in [0, 0.1) is 6.92 Å². The van der Waals surface area contributed by atoms with Gasteiger partial charge in [0.1, 0.15) is 5.75 Å². The van der Waals surface area contributed by atoms with E-state index < -0.39 is 0 Å². The topological polar surface area (TPSA) is 63.8 Å². The van der Waals surface area contributed by atoms with Crippen molar-refractivity contribution in [3.63, 3.8) is 0 Å². The number of benzene rings is 1. The highest BCUT2D eigenvalue weighted by atomic mass is 35.5. The summed E-state index contributed by atoms with van der Waals surface area (Å²) >= 11 is 5.58. The summed E-state index contributed by atoms with van der Waals surface area (Å²) in [7, 11) is 0. The summed E-state index contributed by atoms with van der Waals surface area (Å²) in [6.07, 6.45) is 1.81. The van der Waals surface area contributed by atoms with Crippen LogP contribution in [0.5, 0.6) is 5.75 Å². The number of halogens is 1. The van der Waals surface area contributed by atoms with Gasteiger partial charge in [-0.05, 0) is 48.7 Å². The maximum absolute atomic E-state index is 9.51. The maximum Gasteiger partial charge on any atom is 0.118 e. The normalized spacial score (nSPS) is 11.9. The largest absolute Gasteiger partial charge is 0.508 e. The van der Waals surface area contributed by atoms with E-state index in [9.17, 15) is 5.11 Å². The van der Waals surface area contributed by atoms with Gasteiger partial charge in [0, 0.05) is 6.04 Å². The quantitative estimate of drug-likeness (QED) is 0.778. The van der Waals surface area contributed by atoms with E-state index in [1.165, 1.54) is 0 Å². The highest BCUT2D eigenvalue weighted by molar-refractivity contribution is 6.13. The molecule has 1 rings (SSSR count). The van der Waals surface area contributed by atoms with E-state index in [-0.39, 0.29) is 11.5 Å². The number of rotatable bonds is 4. The average molecular weight is 232 g/mol. The van der Waals surface area contributed by atoms with Crippen molar-refractivity contribution in [3.8, 4) is 5.75 Å². The van der Waals surface area contributed by atoms with Gasteiger partial charge in [0.2, 0.25) is 0 Å². The fraction of sp³-hybridized carbons (Fsp3) is 0.455. The summed E-state index contributed by atoms with van der Waals surface area (Å²) in [5.41, 5.74) is 2.01. The fourth-order valence-electron chi connectivity index (χ4n) is 1.33. The summed E-state index contributed by atoms with van der Waals surface area (Å²) in [5.74, 6) is 0.354. The van der Waals surface area contributed by atoms with E-state index in [0.29, 0.717) is 5.75 Å². The Morgan fingerprint density at radius 1 is 1.47 bits per heavy atom. The molecule has 0 saturated heterocycles. The van der Waals surface area contributed by atoms with Crippen LogP contribution in [-0.2, 0) is 6.42 Å². The van der Waals surface area contributed by atoms with E-state index in [4.69, 9.17) is 11.8 Å². The number of phenolic OH excluding ortho intramolecular Hbond substituents is 1. The Morgan fingerprint density at radius 2 is 2.13 bits per heavy atom. The predicted molar refractivity (Wildman–Crippen MR) is 63.2 cm³/mol. The lowest BCUT2D eigenvalue weighted by atomic mass is 10.0. The third-order valence-electron chi connectivity index (χ3n) is 2.40. The van der Waals surface area contributed by atoms with Crippen molar-refractivity contribution in [2.24, 2.45) is 0 Å².